The van der Waals surface area contributed by atoms with Crippen LogP contribution >= 0.6 is 11.6 Å². The van der Waals surface area contributed by atoms with Crippen molar-refractivity contribution in [3.63, 3.8) is 0 Å². The SMILES string of the molecule is CC1CCN(C(=O)c2cccc(O)c2O)CC1Cl. The highest BCUT2D eigenvalue weighted by Gasteiger charge is 2.29. The van der Waals surface area contributed by atoms with Gasteiger partial charge in [-0.1, -0.05) is 13.0 Å². The lowest BCUT2D eigenvalue weighted by Gasteiger charge is -2.34. The molecule has 18 heavy (non-hydrogen) atoms. The maximum Gasteiger partial charge on any atom is 0.257 e. The van der Waals surface area contributed by atoms with Crippen LogP contribution in [-0.2, 0) is 0 Å². The van der Waals surface area contributed by atoms with Crippen molar-refractivity contribution in [1.82, 2.24) is 4.90 Å². The van der Waals surface area contributed by atoms with Gasteiger partial charge in [-0.3, -0.25) is 4.79 Å². The molecule has 1 fully saturated rings. The van der Waals surface area contributed by atoms with Crippen LogP contribution in [0.1, 0.15) is 23.7 Å². The molecule has 2 rings (SSSR count). The molecule has 0 aromatic heterocycles. The Kier molecular flexibility index (Phi) is 3.66. The fourth-order valence-corrected chi connectivity index (χ4v) is 2.37. The molecule has 1 heterocycles. The van der Waals surface area contributed by atoms with Gasteiger partial charge >= 0.3 is 0 Å². The second-order valence-corrected chi connectivity index (χ2v) is 5.27. The Morgan fingerprint density at radius 1 is 1.44 bits per heavy atom. The summed E-state index contributed by atoms with van der Waals surface area (Å²) >= 11 is 6.16. The Labute approximate surface area is 111 Å². The molecule has 2 atom stereocenters. The number of hydrogen-bond donors (Lipinski definition) is 2. The minimum absolute atomic E-state index is 0.0675. The van der Waals surface area contributed by atoms with Gasteiger partial charge in [-0.25, -0.2) is 0 Å². The Balaban J connectivity index is 2.19. The molecule has 0 radical (unpaired) electrons. The summed E-state index contributed by atoms with van der Waals surface area (Å²) in [6.45, 7) is 3.15. The Morgan fingerprint density at radius 2 is 2.17 bits per heavy atom. The number of aromatic hydroxyl groups is 2. The van der Waals surface area contributed by atoms with E-state index in [1.807, 2.05) is 0 Å². The molecular weight excluding hydrogens is 254 g/mol. The highest BCUT2D eigenvalue weighted by Crippen LogP contribution is 2.30. The summed E-state index contributed by atoms with van der Waals surface area (Å²) in [6, 6.07) is 4.38. The summed E-state index contributed by atoms with van der Waals surface area (Å²) in [5, 5.41) is 19.0. The van der Waals surface area contributed by atoms with Crippen molar-refractivity contribution in [3.05, 3.63) is 23.8 Å². The lowest BCUT2D eigenvalue weighted by Crippen LogP contribution is -2.43. The summed E-state index contributed by atoms with van der Waals surface area (Å²) < 4.78 is 0. The predicted octanol–water partition coefficient (Wildman–Crippen LogP) is 2.19. The number of hydrogen-bond acceptors (Lipinski definition) is 3. The number of rotatable bonds is 1. The van der Waals surface area contributed by atoms with E-state index >= 15 is 0 Å². The lowest BCUT2D eigenvalue weighted by molar-refractivity contribution is 0.0697. The maximum absolute atomic E-state index is 12.2. The molecule has 0 bridgehead atoms. The van der Waals surface area contributed by atoms with E-state index < -0.39 is 0 Å². The van der Waals surface area contributed by atoms with Crippen molar-refractivity contribution >= 4 is 17.5 Å². The Bertz CT molecular complexity index is 464. The number of alkyl halides is 1. The molecule has 1 aromatic rings. The van der Waals surface area contributed by atoms with E-state index in [0.29, 0.717) is 19.0 Å². The minimum Gasteiger partial charge on any atom is -0.504 e. The van der Waals surface area contributed by atoms with Crippen molar-refractivity contribution in [2.75, 3.05) is 13.1 Å². The summed E-state index contributed by atoms with van der Waals surface area (Å²) in [5.74, 6) is -0.560. The van der Waals surface area contributed by atoms with Crippen LogP contribution in [-0.4, -0.2) is 39.5 Å². The summed E-state index contributed by atoms with van der Waals surface area (Å²) in [6.07, 6.45) is 0.847. The minimum atomic E-state index is -0.368. The van der Waals surface area contributed by atoms with Crippen LogP contribution in [0.2, 0.25) is 0 Å². The van der Waals surface area contributed by atoms with Gasteiger partial charge in [0, 0.05) is 13.1 Å². The second kappa shape index (κ2) is 5.06. The average molecular weight is 270 g/mol. The molecule has 1 aliphatic rings. The van der Waals surface area contributed by atoms with Crippen molar-refractivity contribution in [2.45, 2.75) is 18.7 Å². The van der Waals surface area contributed by atoms with Crippen LogP contribution in [0.3, 0.4) is 0 Å². The van der Waals surface area contributed by atoms with Crippen LogP contribution in [0.25, 0.3) is 0 Å². The number of halogens is 1. The number of para-hydroxylation sites is 1. The number of likely N-dealkylation sites (tertiary alicyclic amines) is 1. The van der Waals surface area contributed by atoms with E-state index in [9.17, 15) is 15.0 Å². The number of amides is 1. The molecule has 1 aliphatic heterocycles. The quantitative estimate of drug-likeness (QED) is 0.607. The summed E-state index contributed by atoms with van der Waals surface area (Å²) in [7, 11) is 0. The van der Waals surface area contributed by atoms with Gasteiger partial charge in [0.2, 0.25) is 0 Å². The van der Waals surface area contributed by atoms with Gasteiger partial charge in [-0.2, -0.15) is 0 Å². The van der Waals surface area contributed by atoms with Gasteiger partial charge in [0.05, 0.1) is 10.9 Å². The van der Waals surface area contributed by atoms with Gasteiger partial charge in [-0.15, -0.1) is 11.6 Å². The van der Waals surface area contributed by atoms with E-state index in [0.717, 1.165) is 6.42 Å². The molecule has 0 spiro atoms. The smallest absolute Gasteiger partial charge is 0.257 e. The molecule has 5 heteroatoms. The molecular formula is C13H16ClNO3. The first-order chi connectivity index (χ1) is 8.50. The Hall–Kier alpha value is -1.42. The van der Waals surface area contributed by atoms with Gasteiger partial charge in [0.15, 0.2) is 11.5 Å². The third-order valence-corrected chi connectivity index (χ3v) is 3.97. The molecule has 98 valence electrons. The fourth-order valence-electron chi connectivity index (χ4n) is 2.08. The number of phenols is 2. The summed E-state index contributed by atoms with van der Waals surface area (Å²) in [4.78, 5) is 13.8. The third-order valence-electron chi connectivity index (χ3n) is 3.40. The van der Waals surface area contributed by atoms with Crippen molar-refractivity contribution in [1.29, 1.82) is 0 Å². The normalized spacial score (nSPS) is 24.0. The van der Waals surface area contributed by atoms with Crippen LogP contribution in [0.5, 0.6) is 11.5 Å². The number of nitrogens with zero attached hydrogens (tertiary/aromatic N) is 1. The van der Waals surface area contributed by atoms with E-state index in [1.165, 1.54) is 18.2 Å². The highest BCUT2D eigenvalue weighted by molar-refractivity contribution is 6.21. The van der Waals surface area contributed by atoms with E-state index in [1.54, 1.807) is 4.90 Å². The number of piperidine rings is 1. The van der Waals surface area contributed by atoms with E-state index in [4.69, 9.17) is 11.6 Å². The Morgan fingerprint density at radius 3 is 2.83 bits per heavy atom. The van der Waals surface area contributed by atoms with Crippen LogP contribution in [0, 0.1) is 5.92 Å². The van der Waals surface area contributed by atoms with Crippen molar-refractivity contribution < 1.29 is 15.0 Å². The lowest BCUT2D eigenvalue weighted by atomic mass is 9.98. The first-order valence-electron chi connectivity index (χ1n) is 5.95. The van der Waals surface area contributed by atoms with Crippen LogP contribution in [0.4, 0.5) is 0 Å². The van der Waals surface area contributed by atoms with Gasteiger partial charge in [0.1, 0.15) is 0 Å². The number of phenolic OH excluding ortho intramolecular Hbond substituents is 2. The van der Waals surface area contributed by atoms with Gasteiger partial charge in [-0.05, 0) is 24.5 Å². The number of carbonyl (C=O) groups excluding carboxylic acids is 1. The van der Waals surface area contributed by atoms with Crippen LogP contribution in [0.15, 0.2) is 18.2 Å². The van der Waals surface area contributed by atoms with Gasteiger partial charge in [0.25, 0.3) is 5.91 Å². The fraction of sp³-hybridized carbons (Fsp3) is 0.462. The summed E-state index contributed by atoms with van der Waals surface area (Å²) in [5.41, 5.74) is 0.119. The largest absolute Gasteiger partial charge is 0.504 e. The molecule has 0 aliphatic carbocycles. The first kappa shape index (κ1) is 13.0. The van der Waals surface area contributed by atoms with E-state index in [2.05, 4.69) is 6.92 Å². The first-order valence-corrected chi connectivity index (χ1v) is 6.38. The zero-order valence-corrected chi connectivity index (χ0v) is 10.9. The third kappa shape index (κ3) is 2.38. The molecule has 0 saturated carbocycles. The number of carbonyl (C=O) groups is 1. The predicted molar refractivity (Wildman–Crippen MR) is 69.1 cm³/mol. The molecule has 1 amide bonds. The zero-order valence-electron chi connectivity index (χ0n) is 10.1. The monoisotopic (exact) mass is 269 g/mol. The highest BCUT2D eigenvalue weighted by atomic mass is 35.5. The average Bonchev–Trinajstić information content (AvgIpc) is 2.35. The maximum atomic E-state index is 12.2. The molecule has 2 unspecified atom stereocenters. The second-order valence-electron chi connectivity index (χ2n) is 4.71. The van der Waals surface area contributed by atoms with Crippen molar-refractivity contribution in [2.24, 2.45) is 5.92 Å². The van der Waals surface area contributed by atoms with E-state index in [-0.39, 0.29) is 28.3 Å². The molecule has 4 nitrogen and oxygen atoms in total. The molecule has 1 aromatic carbocycles. The molecule has 1 saturated heterocycles. The number of benzene rings is 1. The topological polar surface area (TPSA) is 60.8 Å². The van der Waals surface area contributed by atoms with Crippen LogP contribution < -0.4 is 0 Å². The van der Waals surface area contributed by atoms with Gasteiger partial charge < -0.3 is 15.1 Å². The standard InChI is InChI=1S/C13H16ClNO3/c1-8-5-6-15(7-10(8)14)13(18)9-3-2-4-11(16)12(9)17/h2-4,8,10,16-17H,5-7H2,1H3. The zero-order chi connectivity index (χ0) is 13.3. The molecule has 2 N–H and O–H groups in total. The van der Waals surface area contributed by atoms with Crippen molar-refractivity contribution in [3.8, 4) is 11.5 Å².